The minimum Gasteiger partial charge on any atom is -0.409 e. The second-order valence-electron chi connectivity index (χ2n) is 5.86. The predicted molar refractivity (Wildman–Crippen MR) is 76.7 cm³/mol. The van der Waals surface area contributed by atoms with Crippen LogP contribution in [-0.4, -0.2) is 24.1 Å². The van der Waals surface area contributed by atoms with E-state index in [9.17, 15) is 0 Å². The highest BCUT2D eigenvalue weighted by molar-refractivity contribution is 6.02. The van der Waals surface area contributed by atoms with Gasteiger partial charge in [0.15, 0.2) is 5.84 Å². The maximum atomic E-state index is 8.95. The van der Waals surface area contributed by atoms with Gasteiger partial charge >= 0.3 is 0 Å². The van der Waals surface area contributed by atoms with E-state index in [0.717, 1.165) is 41.7 Å². The fourth-order valence-electron chi connectivity index (χ4n) is 3.62. The van der Waals surface area contributed by atoms with Gasteiger partial charge < -0.3 is 15.8 Å². The zero-order chi connectivity index (χ0) is 13.4. The number of benzene rings is 1. The lowest BCUT2D eigenvalue weighted by Crippen LogP contribution is -2.25. The molecule has 1 aromatic rings. The summed E-state index contributed by atoms with van der Waals surface area (Å²) in [5.74, 6) is 1.87. The Labute approximate surface area is 113 Å². The summed E-state index contributed by atoms with van der Waals surface area (Å²) in [7, 11) is 0. The van der Waals surface area contributed by atoms with Crippen LogP contribution >= 0.6 is 0 Å². The number of hydrogen-bond donors (Lipinski definition) is 2. The van der Waals surface area contributed by atoms with Crippen molar-refractivity contribution in [3.8, 4) is 0 Å². The largest absolute Gasteiger partial charge is 0.409 e. The van der Waals surface area contributed by atoms with Crippen molar-refractivity contribution in [3.63, 3.8) is 0 Å². The second-order valence-corrected chi connectivity index (χ2v) is 5.86. The number of nitrogens with two attached hydrogens (primary N) is 1. The number of oxime groups is 1. The van der Waals surface area contributed by atoms with Crippen LogP contribution < -0.4 is 10.6 Å². The molecule has 0 bridgehead atoms. The molecule has 0 radical (unpaired) electrons. The van der Waals surface area contributed by atoms with Crippen molar-refractivity contribution >= 4 is 11.5 Å². The van der Waals surface area contributed by atoms with Gasteiger partial charge in [0.25, 0.3) is 0 Å². The number of rotatable bonds is 2. The van der Waals surface area contributed by atoms with Crippen molar-refractivity contribution in [1.29, 1.82) is 0 Å². The van der Waals surface area contributed by atoms with Gasteiger partial charge in [-0.05, 0) is 43.7 Å². The monoisotopic (exact) mass is 259 g/mol. The highest BCUT2D eigenvalue weighted by Gasteiger charge is 2.36. The summed E-state index contributed by atoms with van der Waals surface area (Å²) in [6.07, 6.45) is 4.09. The van der Waals surface area contributed by atoms with E-state index in [1.54, 1.807) is 0 Å². The predicted octanol–water partition coefficient (Wildman–Crippen LogP) is 2.33. The first-order valence-electron chi connectivity index (χ1n) is 7.02. The molecule has 2 fully saturated rings. The number of aryl methyl sites for hydroxylation is 1. The van der Waals surface area contributed by atoms with Gasteiger partial charge in [-0.3, -0.25) is 0 Å². The number of hydrogen-bond acceptors (Lipinski definition) is 3. The van der Waals surface area contributed by atoms with Crippen LogP contribution in [0.4, 0.5) is 5.69 Å². The maximum Gasteiger partial charge on any atom is 0.172 e. The summed E-state index contributed by atoms with van der Waals surface area (Å²) in [6, 6.07) is 6.19. The third-order valence-corrected chi connectivity index (χ3v) is 4.60. The molecule has 4 nitrogen and oxygen atoms in total. The molecule has 1 heterocycles. The Hall–Kier alpha value is -1.71. The normalized spacial score (nSPS) is 26.8. The van der Waals surface area contributed by atoms with Crippen LogP contribution in [0.3, 0.4) is 0 Å². The fraction of sp³-hybridized carbons (Fsp3) is 0.533. The molecule has 2 aliphatic rings. The van der Waals surface area contributed by atoms with Crippen LogP contribution in [0.1, 0.15) is 30.4 Å². The topological polar surface area (TPSA) is 61.8 Å². The molecule has 3 rings (SSSR count). The Morgan fingerprint density at radius 3 is 2.63 bits per heavy atom. The number of fused-ring (bicyclic) bond motifs is 1. The van der Waals surface area contributed by atoms with Gasteiger partial charge in [-0.25, -0.2) is 0 Å². The zero-order valence-electron chi connectivity index (χ0n) is 11.3. The number of anilines is 1. The third kappa shape index (κ3) is 2.15. The Balaban J connectivity index is 1.92. The van der Waals surface area contributed by atoms with Gasteiger partial charge in [0.2, 0.25) is 0 Å². The minimum absolute atomic E-state index is 0.204. The minimum atomic E-state index is 0.204. The van der Waals surface area contributed by atoms with Crippen molar-refractivity contribution in [1.82, 2.24) is 0 Å². The quantitative estimate of drug-likeness (QED) is 0.371. The van der Waals surface area contributed by atoms with E-state index in [-0.39, 0.29) is 5.84 Å². The maximum absolute atomic E-state index is 8.95. The van der Waals surface area contributed by atoms with Gasteiger partial charge in [-0.1, -0.05) is 23.2 Å². The fourth-order valence-corrected chi connectivity index (χ4v) is 3.62. The molecule has 2 unspecified atom stereocenters. The van der Waals surface area contributed by atoms with Crippen LogP contribution in [0.2, 0.25) is 0 Å². The summed E-state index contributed by atoms with van der Waals surface area (Å²) in [5.41, 5.74) is 8.91. The van der Waals surface area contributed by atoms with Crippen LogP contribution in [0.15, 0.2) is 23.4 Å². The lowest BCUT2D eigenvalue weighted by atomic mass is 10.0. The van der Waals surface area contributed by atoms with Crippen LogP contribution in [-0.2, 0) is 0 Å². The molecule has 3 N–H and O–H groups in total. The summed E-state index contributed by atoms with van der Waals surface area (Å²) in [6.45, 7) is 4.25. The summed E-state index contributed by atoms with van der Waals surface area (Å²) < 4.78 is 0. The van der Waals surface area contributed by atoms with Gasteiger partial charge in [-0.15, -0.1) is 0 Å². The molecule has 4 heteroatoms. The van der Waals surface area contributed by atoms with E-state index < -0.39 is 0 Å². The Kier molecular flexibility index (Phi) is 3.09. The average molecular weight is 259 g/mol. The van der Waals surface area contributed by atoms with Crippen LogP contribution in [0.25, 0.3) is 0 Å². The lowest BCUT2D eigenvalue weighted by molar-refractivity contribution is 0.318. The highest BCUT2D eigenvalue weighted by atomic mass is 16.4. The smallest absolute Gasteiger partial charge is 0.172 e. The molecule has 1 aromatic carbocycles. The summed E-state index contributed by atoms with van der Waals surface area (Å²) in [5, 5.41) is 12.1. The molecule has 2 atom stereocenters. The Morgan fingerprint density at radius 2 is 2.00 bits per heavy atom. The molecule has 102 valence electrons. The highest BCUT2D eigenvalue weighted by Crippen LogP contribution is 2.40. The third-order valence-electron chi connectivity index (χ3n) is 4.60. The van der Waals surface area contributed by atoms with E-state index in [0.29, 0.717) is 0 Å². The molecule has 1 saturated carbocycles. The molecular weight excluding hydrogens is 238 g/mol. The van der Waals surface area contributed by atoms with E-state index in [1.165, 1.54) is 19.3 Å². The van der Waals surface area contributed by atoms with Crippen LogP contribution in [0, 0.1) is 18.8 Å². The molecule has 1 saturated heterocycles. The Morgan fingerprint density at radius 1 is 1.32 bits per heavy atom. The first kappa shape index (κ1) is 12.3. The second kappa shape index (κ2) is 4.76. The van der Waals surface area contributed by atoms with Gasteiger partial charge in [0.05, 0.1) is 0 Å². The average Bonchev–Trinajstić information content (AvgIpc) is 2.98. The zero-order valence-corrected chi connectivity index (χ0v) is 11.3. The molecule has 19 heavy (non-hydrogen) atoms. The van der Waals surface area contributed by atoms with Crippen molar-refractivity contribution in [2.24, 2.45) is 22.7 Å². The number of nitrogens with zero attached hydrogens (tertiary/aromatic N) is 2. The van der Waals surface area contributed by atoms with E-state index in [1.807, 2.05) is 13.0 Å². The van der Waals surface area contributed by atoms with Crippen molar-refractivity contribution in [2.45, 2.75) is 26.2 Å². The first-order valence-corrected chi connectivity index (χ1v) is 7.02. The van der Waals surface area contributed by atoms with Gasteiger partial charge in [0.1, 0.15) is 0 Å². The molecular formula is C15H21N3O. The van der Waals surface area contributed by atoms with Crippen LogP contribution in [0.5, 0.6) is 0 Å². The van der Waals surface area contributed by atoms with E-state index >= 15 is 0 Å². The van der Waals surface area contributed by atoms with E-state index in [2.05, 4.69) is 22.2 Å². The molecule has 0 aromatic heterocycles. The van der Waals surface area contributed by atoms with Gasteiger partial charge in [-0.2, -0.15) is 0 Å². The molecule has 0 spiro atoms. The lowest BCUT2D eigenvalue weighted by Gasteiger charge is -2.23. The molecule has 1 aliphatic heterocycles. The van der Waals surface area contributed by atoms with Crippen molar-refractivity contribution < 1.29 is 5.21 Å². The van der Waals surface area contributed by atoms with Crippen molar-refractivity contribution in [3.05, 3.63) is 29.3 Å². The van der Waals surface area contributed by atoms with Gasteiger partial charge in [0, 0.05) is 24.3 Å². The standard InChI is InChI=1S/C15H21N3O/c1-10-5-6-14(13(7-10)15(16)17-19)18-8-11-3-2-4-12(11)9-18/h5-7,11-12,19H,2-4,8-9H2,1H3,(H2,16,17). The van der Waals surface area contributed by atoms with Crippen molar-refractivity contribution in [2.75, 3.05) is 18.0 Å². The molecule has 1 aliphatic carbocycles. The SMILES string of the molecule is Cc1ccc(N2CC3CCCC3C2)c(/C(N)=N/O)c1. The Bertz CT molecular complexity index is 500. The van der Waals surface area contributed by atoms with E-state index in [4.69, 9.17) is 10.9 Å². The summed E-state index contributed by atoms with van der Waals surface area (Å²) in [4.78, 5) is 2.40. The number of amidine groups is 1. The first-order chi connectivity index (χ1) is 9.19. The molecule has 0 amide bonds. The summed E-state index contributed by atoms with van der Waals surface area (Å²) >= 11 is 0.